The summed E-state index contributed by atoms with van der Waals surface area (Å²) in [5, 5.41) is 2.90. The van der Waals surface area contributed by atoms with Crippen molar-refractivity contribution in [2.75, 3.05) is 5.32 Å². The van der Waals surface area contributed by atoms with Crippen molar-refractivity contribution in [1.29, 1.82) is 0 Å². The van der Waals surface area contributed by atoms with Crippen LogP contribution in [0.4, 0.5) is 5.69 Å². The average molecular weight is 426 g/mol. The number of aryl methyl sites for hydroxylation is 2. The number of primary amides is 1. The van der Waals surface area contributed by atoms with Crippen LogP contribution in [0.3, 0.4) is 0 Å². The molecule has 0 unspecified atom stereocenters. The van der Waals surface area contributed by atoms with Crippen molar-refractivity contribution in [3.63, 3.8) is 0 Å². The molecule has 2 amide bonds. The van der Waals surface area contributed by atoms with Gasteiger partial charge in [0.15, 0.2) is 0 Å². The molecule has 1 heterocycles. The van der Waals surface area contributed by atoms with Gasteiger partial charge < -0.3 is 15.6 Å². The van der Waals surface area contributed by atoms with Gasteiger partial charge in [-0.15, -0.1) is 0 Å². The molecular formula is C21H20BrN3O2. The summed E-state index contributed by atoms with van der Waals surface area (Å²) in [5.74, 6) is -0.680. The zero-order valence-electron chi connectivity index (χ0n) is 15.3. The Morgan fingerprint density at radius 3 is 2.22 bits per heavy atom. The number of carbonyl (C=O) groups is 2. The van der Waals surface area contributed by atoms with E-state index >= 15 is 0 Å². The molecule has 3 rings (SSSR count). The van der Waals surface area contributed by atoms with Gasteiger partial charge in [0.05, 0.1) is 5.56 Å². The zero-order valence-corrected chi connectivity index (χ0v) is 16.9. The van der Waals surface area contributed by atoms with Gasteiger partial charge in [0.1, 0.15) is 0 Å². The van der Waals surface area contributed by atoms with Gasteiger partial charge in [0, 0.05) is 32.8 Å². The number of nitrogens with two attached hydrogens (primary N) is 1. The fourth-order valence-corrected chi connectivity index (χ4v) is 3.46. The topological polar surface area (TPSA) is 77.1 Å². The minimum absolute atomic E-state index is 0.197. The van der Waals surface area contributed by atoms with Crippen molar-refractivity contribution >= 4 is 33.4 Å². The van der Waals surface area contributed by atoms with E-state index < -0.39 is 5.91 Å². The van der Waals surface area contributed by atoms with Gasteiger partial charge in [0.2, 0.25) is 5.91 Å². The quantitative estimate of drug-likeness (QED) is 0.644. The first-order valence-corrected chi connectivity index (χ1v) is 9.24. The van der Waals surface area contributed by atoms with E-state index in [0.29, 0.717) is 16.8 Å². The number of halogens is 1. The predicted molar refractivity (Wildman–Crippen MR) is 111 cm³/mol. The summed E-state index contributed by atoms with van der Waals surface area (Å²) < 4.78 is 3.05. The molecule has 0 aliphatic carbocycles. The Morgan fingerprint density at radius 2 is 1.63 bits per heavy atom. The van der Waals surface area contributed by atoms with Crippen molar-refractivity contribution in [2.45, 2.75) is 20.8 Å². The smallest absolute Gasteiger partial charge is 0.257 e. The number of amides is 2. The van der Waals surface area contributed by atoms with Crippen LogP contribution in [0, 0.1) is 20.8 Å². The minimum atomic E-state index is -0.483. The third kappa shape index (κ3) is 3.80. The second-order valence-electron chi connectivity index (χ2n) is 6.44. The van der Waals surface area contributed by atoms with E-state index in [1.54, 1.807) is 25.1 Å². The lowest BCUT2D eigenvalue weighted by molar-refractivity contribution is 0.0997. The molecular weight excluding hydrogens is 406 g/mol. The van der Waals surface area contributed by atoms with E-state index in [2.05, 4.69) is 21.2 Å². The van der Waals surface area contributed by atoms with Crippen LogP contribution >= 0.6 is 15.9 Å². The number of aromatic nitrogens is 1. The fourth-order valence-electron chi connectivity index (χ4n) is 3.20. The summed E-state index contributed by atoms with van der Waals surface area (Å²) in [6.45, 7) is 5.68. The van der Waals surface area contributed by atoms with Crippen molar-refractivity contribution in [3.05, 3.63) is 81.1 Å². The standard InChI is InChI=1S/C21H20BrN3O2/c1-12-10-16(6-9-18(12)20(23)26)24-21(27)19-11-13(2)25(14(19)3)17-7-4-15(22)5-8-17/h4-11H,1-3H3,(H2,23,26)(H,24,27). The summed E-state index contributed by atoms with van der Waals surface area (Å²) >= 11 is 3.44. The summed E-state index contributed by atoms with van der Waals surface area (Å²) in [6, 6.07) is 14.9. The maximum absolute atomic E-state index is 12.8. The van der Waals surface area contributed by atoms with E-state index in [9.17, 15) is 9.59 Å². The van der Waals surface area contributed by atoms with Crippen LogP contribution in [0.2, 0.25) is 0 Å². The summed E-state index contributed by atoms with van der Waals surface area (Å²) in [4.78, 5) is 24.1. The number of carbonyl (C=O) groups excluding carboxylic acids is 2. The Morgan fingerprint density at radius 1 is 0.963 bits per heavy atom. The normalized spacial score (nSPS) is 10.7. The molecule has 0 spiro atoms. The number of benzene rings is 2. The minimum Gasteiger partial charge on any atom is -0.366 e. The molecule has 138 valence electrons. The molecule has 5 nitrogen and oxygen atoms in total. The highest BCUT2D eigenvalue weighted by molar-refractivity contribution is 9.10. The van der Waals surface area contributed by atoms with Crippen molar-refractivity contribution in [1.82, 2.24) is 4.57 Å². The molecule has 0 bridgehead atoms. The molecule has 0 atom stereocenters. The van der Waals surface area contributed by atoms with E-state index in [1.165, 1.54) is 0 Å². The third-order valence-electron chi connectivity index (χ3n) is 4.51. The highest BCUT2D eigenvalue weighted by Crippen LogP contribution is 2.24. The van der Waals surface area contributed by atoms with Crippen LogP contribution in [0.1, 0.15) is 37.7 Å². The lowest BCUT2D eigenvalue weighted by atomic mass is 10.1. The van der Waals surface area contributed by atoms with Gasteiger partial charge in [-0.3, -0.25) is 9.59 Å². The second-order valence-corrected chi connectivity index (χ2v) is 7.36. The largest absolute Gasteiger partial charge is 0.366 e. The van der Waals surface area contributed by atoms with Gasteiger partial charge in [-0.25, -0.2) is 0 Å². The predicted octanol–water partition coefficient (Wildman–Crippen LogP) is 4.52. The number of nitrogens with zero attached hydrogens (tertiary/aromatic N) is 1. The van der Waals surface area contributed by atoms with Crippen LogP contribution in [-0.2, 0) is 0 Å². The molecule has 0 saturated carbocycles. The van der Waals surface area contributed by atoms with Gasteiger partial charge in [-0.2, -0.15) is 0 Å². The van der Waals surface area contributed by atoms with Crippen LogP contribution in [-0.4, -0.2) is 16.4 Å². The molecule has 1 aromatic heterocycles. The molecule has 6 heteroatoms. The Bertz CT molecular complexity index is 1040. The van der Waals surface area contributed by atoms with E-state index in [0.717, 1.165) is 27.1 Å². The third-order valence-corrected chi connectivity index (χ3v) is 5.04. The average Bonchev–Trinajstić information content (AvgIpc) is 2.90. The molecule has 0 aliphatic heterocycles. The van der Waals surface area contributed by atoms with Crippen molar-refractivity contribution < 1.29 is 9.59 Å². The second kappa shape index (κ2) is 7.40. The molecule has 3 N–H and O–H groups in total. The molecule has 0 aliphatic rings. The Balaban J connectivity index is 1.90. The maximum Gasteiger partial charge on any atom is 0.257 e. The molecule has 0 saturated heterocycles. The van der Waals surface area contributed by atoms with Gasteiger partial charge in [-0.05, 0) is 74.9 Å². The monoisotopic (exact) mass is 425 g/mol. The van der Waals surface area contributed by atoms with E-state index in [1.807, 2.05) is 48.7 Å². The van der Waals surface area contributed by atoms with Crippen LogP contribution in [0.5, 0.6) is 0 Å². The lowest BCUT2D eigenvalue weighted by Crippen LogP contribution is -2.15. The van der Waals surface area contributed by atoms with Crippen LogP contribution < -0.4 is 11.1 Å². The number of hydrogen-bond donors (Lipinski definition) is 2. The Labute approximate surface area is 166 Å². The van der Waals surface area contributed by atoms with Crippen LogP contribution in [0.15, 0.2) is 53.0 Å². The lowest BCUT2D eigenvalue weighted by Gasteiger charge is -2.11. The molecule has 2 aromatic carbocycles. The summed E-state index contributed by atoms with van der Waals surface area (Å²) in [5.41, 5.74) is 10.5. The van der Waals surface area contributed by atoms with E-state index in [-0.39, 0.29) is 5.91 Å². The fraction of sp³-hybridized carbons (Fsp3) is 0.143. The number of rotatable bonds is 4. The Kier molecular flexibility index (Phi) is 5.19. The van der Waals surface area contributed by atoms with Crippen molar-refractivity contribution in [3.8, 4) is 5.69 Å². The van der Waals surface area contributed by atoms with Gasteiger partial charge in [-0.1, -0.05) is 15.9 Å². The number of hydrogen-bond acceptors (Lipinski definition) is 2. The highest BCUT2D eigenvalue weighted by Gasteiger charge is 2.17. The summed E-state index contributed by atoms with van der Waals surface area (Å²) in [7, 11) is 0. The van der Waals surface area contributed by atoms with Gasteiger partial charge in [0.25, 0.3) is 5.91 Å². The first-order valence-electron chi connectivity index (χ1n) is 8.44. The van der Waals surface area contributed by atoms with Gasteiger partial charge >= 0.3 is 0 Å². The molecule has 27 heavy (non-hydrogen) atoms. The Hall–Kier alpha value is -2.86. The number of nitrogens with one attached hydrogen (secondary N) is 1. The first-order chi connectivity index (χ1) is 12.8. The van der Waals surface area contributed by atoms with Crippen LogP contribution in [0.25, 0.3) is 5.69 Å². The number of anilines is 1. The highest BCUT2D eigenvalue weighted by atomic mass is 79.9. The maximum atomic E-state index is 12.8. The SMILES string of the molecule is Cc1cc(NC(=O)c2cc(C)n(-c3ccc(Br)cc3)c2C)ccc1C(N)=O. The zero-order chi connectivity index (χ0) is 19.7. The molecule has 0 radical (unpaired) electrons. The summed E-state index contributed by atoms with van der Waals surface area (Å²) in [6.07, 6.45) is 0. The molecule has 0 fully saturated rings. The first kappa shape index (κ1) is 18.9. The van der Waals surface area contributed by atoms with Crippen molar-refractivity contribution in [2.24, 2.45) is 5.73 Å². The van der Waals surface area contributed by atoms with E-state index in [4.69, 9.17) is 5.73 Å². The molecule has 3 aromatic rings.